The summed E-state index contributed by atoms with van der Waals surface area (Å²) in [5, 5.41) is 16.7. The quantitative estimate of drug-likeness (QED) is 0.882. The van der Waals surface area contributed by atoms with Crippen molar-refractivity contribution >= 4 is 17.3 Å². The Morgan fingerprint density at radius 1 is 1.35 bits per heavy atom. The summed E-state index contributed by atoms with van der Waals surface area (Å²) >= 11 is 6.07. The molecule has 1 aromatic carbocycles. The molecule has 0 saturated carbocycles. The highest BCUT2D eigenvalue weighted by Crippen LogP contribution is 2.41. The van der Waals surface area contributed by atoms with Gasteiger partial charge in [0.2, 0.25) is 0 Å². The van der Waals surface area contributed by atoms with Gasteiger partial charge in [-0.3, -0.25) is 4.79 Å². The molecular formula is C15H16ClN3O4. The number of anilines is 1. The number of H-pyrrole nitrogens is 1. The number of nitrogens with one attached hydrogen (secondary N) is 1. The van der Waals surface area contributed by atoms with Gasteiger partial charge >= 0.3 is 0 Å². The molecule has 0 bridgehead atoms. The lowest BCUT2D eigenvalue weighted by molar-refractivity contribution is 0.169. The molecule has 8 heteroatoms. The highest BCUT2D eigenvalue weighted by atomic mass is 35.5. The van der Waals surface area contributed by atoms with E-state index < -0.39 is 11.7 Å². The number of hydrogen-bond donors (Lipinski definition) is 2. The third-order valence-corrected chi connectivity index (χ3v) is 4.27. The molecule has 23 heavy (non-hydrogen) atoms. The Labute approximate surface area is 137 Å². The van der Waals surface area contributed by atoms with Crippen molar-refractivity contribution in [3.8, 4) is 11.5 Å². The van der Waals surface area contributed by atoms with Gasteiger partial charge in [0.1, 0.15) is 22.6 Å². The van der Waals surface area contributed by atoms with Crippen LogP contribution in [0.1, 0.15) is 17.2 Å². The van der Waals surface area contributed by atoms with E-state index in [1.165, 1.54) is 6.20 Å². The second kappa shape index (κ2) is 6.10. The summed E-state index contributed by atoms with van der Waals surface area (Å²) in [5.41, 5.74) is 1.48. The third kappa shape index (κ3) is 2.62. The first kappa shape index (κ1) is 15.6. The van der Waals surface area contributed by atoms with E-state index in [0.717, 1.165) is 5.56 Å². The van der Waals surface area contributed by atoms with Gasteiger partial charge in [-0.25, -0.2) is 5.10 Å². The fourth-order valence-corrected chi connectivity index (χ4v) is 3.06. The molecule has 1 aliphatic rings. The van der Waals surface area contributed by atoms with Gasteiger partial charge < -0.3 is 19.5 Å². The van der Waals surface area contributed by atoms with Gasteiger partial charge in [0.05, 0.1) is 26.1 Å². The summed E-state index contributed by atoms with van der Waals surface area (Å²) < 4.78 is 10.7. The van der Waals surface area contributed by atoms with Crippen molar-refractivity contribution in [2.45, 2.75) is 12.6 Å². The Hall–Kier alpha value is -2.25. The first-order chi connectivity index (χ1) is 11.1. The number of aliphatic hydroxyl groups is 1. The molecular weight excluding hydrogens is 322 g/mol. The van der Waals surface area contributed by atoms with Crippen LogP contribution in [-0.2, 0) is 6.54 Å². The molecule has 0 amide bonds. The van der Waals surface area contributed by atoms with E-state index in [-0.39, 0.29) is 11.6 Å². The van der Waals surface area contributed by atoms with Gasteiger partial charge in [-0.1, -0.05) is 11.6 Å². The molecule has 1 aliphatic heterocycles. The van der Waals surface area contributed by atoms with Crippen molar-refractivity contribution in [1.29, 1.82) is 0 Å². The molecule has 2 aromatic rings. The maximum Gasteiger partial charge on any atom is 0.285 e. The number of methoxy groups -OCH3 is 2. The maximum atomic E-state index is 11.6. The van der Waals surface area contributed by atoms with Crippen molar-refractivity contribution in [1.82, 2.24) is 10.2 Å². The Morgan fingerprint density at radius 3 is 2.74 bits per heavy atom. The van der Waals surface area contributed by atoms with E-state index in [2.05, 4.69) is 10.2 Å². The van der Waals surface area contributed by atoms with Crippen LogP contribution in [0.2, 0.25) is 5.02 Å². The molecule has 3 rings (SSSR count). The largest absolute Gasteiger partial charge is 0.496 e. The van der Waals surface area contributed by atoms with E-state index in [9.17, 15) is 9.90 Å². The van der Waals surface area contributed by atoms with Crippen molar-refractivity contribution in [3.05, 3.63) is 44.8 Å². The van der Waals surface area contributed by atoms with Crippen LogP contribution in [-0.4, -0.2) is 36.1 Å². The predicted octanol–water partition coefficient (Wildman–Crippen LogP) is 1.49. The maximum absolute atomic E-state index is 11.6. The zero-order valence-electron chi connectivity index (χ0n) is 12.7. The number of aliphatic hydroxyl groups excluding tert-OH is 1. The molecule has 2 heterocycles. The van der Waals surface area contributed by atoms with Crippen LogP contribution in [0.5, 0.6) is 11.5 Å². The number of benzene rings is 1. The lowest BCUT2D eigenvalue weighted by Gasteiger charge is -2.35. The smallest absolute Gasteiger partial charge is 0.285 e. The molecule has 7 nitrogen and oxygen atoms in total. The summed E-state index contributed by atoms with van der Waals surface area (Å²) in [7, 11) is 3.12. The van der Waals surface area contributed by atoms with Crippen LogP contribution in [0.15, 0.2) is 23.1 Å². The number of halogens is 1. The first-order valence-corrected chi connectivity index (χ1v) is 7.34. The second-order valence-electron chi connectivity index (χ2n) is 5.16. The number of nitrogens with zero attached hydrogens (tertiary/aromatic N) is 2. The van der Waals surface area contributed by atoms with Crippen molar-refractivity contribution in [2.24, 2.45) is 0 Å². The minimum atomic E-state index is -0.806. The average Bonchev–Trinajstić information content (AvgIpc) is 2.56. The summed E-state index contributed by atoms with van der Waals surface area (Å²) in [6, 6.07) is 3.55. The molecule has 0 aliphatic carbocycles. The molecule has 0 saturated heterocycles. The van der Waals surface area contributed by atoms with E-state index in [1.807, 2.05) is 0 Å². The minimum Gasteiger partial charge on any atom is -0.496 e. The Bertz CT molecular complexity index is 793. The van der Waals surface area contributed by atoms with Crippen LogP contribution in [0.4, 0.5) is 5.69 Å². The molecule has 2 N–H and O–H groups in total. The zero-order chi connectivity index (χ0) is 16.6. The number of rotatable bonds is 3. The lowest BCUT2D eigenvalue weighted by atomic mass is 9.95. The van der Waals surface area contributed by atoms with E-state index in [1.54, 1.807) is 31.3 Å². The van der Waals surface area contributed by atoms with Gasteiger partial charge in [-0.05, 0) is 12.1 Å². The molecule has 1 aromatic heterocycles. The fraction of sp³-hybridized carbons (Fsp3) is 0.333. The molecule has 0 fully saturated rings. The van der Waals surface area contributed by atoms with Gasteiger partial charge in [0.25, 0.3) is 5.56 Å². The lowest BCUT2D eigenvalue weighted by Crippen LogP contribution is -2.35. The number of aromatic amines is 1. The first-order valence-electron chi connectivity index (χ1n) is 6.96. The molecule has 0 radical (unpaired) electrons. The monoisotopic (exact) mass is 337 g/mol. The Balaban J connectivity index is 2.10. The predicted molar refractivity (Wildman–Crippen MR) is 85.4 cm³/mol. The molecule has 0 unspecified atom stereocenters. The molecule has 122 valence electrons. The second-order valence-corrected chi connectivity index (χ2v) is 5.53. The molecule has 1 atom stereocenters. The SMILES string of the molecule is COc1ccc(OC)c2c1CN(c1cn[nH]c(=O)c1Cl)C[C@H]2O. The molecule has 0 spiro atoms. The van der Waals surface area contributed by atoms with Crippen LogP contribution < -0.4 is 19.9 Å². The number of β-amino-alcohol motifs (C(OH)–C–C–N with tert-alkyl or cyclic N) is 1. The zero-order valence-corrected chi connectivity index (χ0v) is 13.4. The normalized spacial score (nSPS) is 16.9. The third-order valence-electron chi connectivity index (χ3n) is 3.91. The van der Waals surface area contributed by atoms with Gasteiger partial charge in [-0.2, -0.15) is 5.10 Å². The number of hydrogen-bond acceptors (Lipinski definition) is 6. The number of fused-ring (bicyclic) bond motifs is 1. The van der Waals surface area contributed by atoms with Crippen LogP contribution in [0.3, 0.4) is 0 Å². The number of ether oxygens (including phenoxy) is 2. The summed E-state index contributed by atoms with van der Waals surface area (Å²) in [4.78, 5) is 13.4. The van der Waals surface area contributed by atoms with E-state index in [4.69, 9.17) is 21.1 Å². The van der Waals surface area contributed by atoms with Crippen molar-refractivity contribution in [2.75, 3.05) is 25.7 Å². The van der Waals surface area contributed by atoms with Crippen molar-refractivity contribution in [3.63, 3.8) is 0 Å². The standard InChI is InChI=1S/C15H16ClN3O4/c1-22-11-3-4-12(23-2)13-8(11)6-19(7-10(13)20)9-5-17-18-15(21)14(9)16/h3-5,10,20H,6-7H2,1-2H3,(H,18,21)/t10-/m1/s1. The summed E-state index contributed by atoms with van der Waals surface area (Å²) in [6.45, 7) is 0.680. The van der Waals surface area contributed by atoms with Crippen LogP contribution in [0.25, 0.3) is 0 Å². The van der Waals surface area contributed by atoms with Gasteiger partial charge in [0, 0.05) is 24.2 Å². The number of aromatic nitrogens is 2. The Kier molecular flexibility index (Phi) is 4.14. The Morgan fingerprint density at radius 2 is 2.04 bits per heavy atom. The highest BCUT2D eigenvalue weighted by Gasteiger charge is 2.31. The summed E-state index contributed by atoms with van der Waals surface area (Å²) in [6.07, 6.45) is 0.660. The minimum absolute atomic E-state index is 0.0394. The van der Waals surface area contributed by atoms with E-state index >= 15 is 0 Å². The highest BCUT2D eigenvalue weighted by molar-refractivity contribution is 6.33. The van der Waals surface area contributed by atoms with Crippen LogP contribution >= 0.6 is 11.6 Å². The van der Waals surface area contributed by atoms with Crippen molar-refractivity contribution < 1.29 is 14.6 Å². The van der Waals surface area contributed by atoms with Gasteiger partial charge in [-0.15, -0.1) is 0 Å². The van der Waals surface area contributed by atoms with Gasteiger partial charge in [0.15, 0.2) is 0 Å². The average molecular weight is 338 g/mol. The summed E-state index contributed by atoms with van der Waals surface area (Å²) in [5.74, 6) is 1.24. The fourth-order valence-electron chi connectivity index (χ4n) is 2.85. The van der Waals surface area contributed by atoms with Crippen LogP contribution in [0, 0.1) is 0 Å². The van der Waals surface area contributed by atoms with E-state index in [0.29, 0.717) is 29.3 Å². The topological polar surface area (TPSA) is 87.7 Å².